The number of carbonyl (C=O) groups excluding carboxylic acids is 2. The first-order valence-corrected chi connectivity index (χ1v) is 6.40. The molecule has 1 atom stereocenters. The van der Waals surface area contributed by atoms with Gasteiger partial charge in [0.15, 0.2) is 0 Å². The maximum atomic E-state index is 12.4. The van der Waals surface area contributed by atoms with Gasteiger partial charge in [-0.2, -0.15) is 0 Å². The molecule has 0 radical (unpaired) electrons. The van der Waals surface area contributed by atoms with E-state index in [9.17, 15) is 9.59 Å². The van der Waals surface area contributed by atoms with Crippen molar-refractivity contribution in [1.82, 2.24) is 10.2 Å². The molecule has 100 valence electrons. The van der Waals surface area contributed by atoms with E-state index in [0.29, 0.717) is 13.0 Å². The summed E-state index contributed by atoms with van der Waals surface area (Å²) in [5, 5.41) is 2.79. The van der Waals surface area contributed by atoms with Gasteiger partial charge in [-0.3, -0.25) is 9.59 Å². The quantitative estimate of drug-likeness (QED) is 0.827. The maximum absolute atomic E-state index is 12.4. The highest BCUT2D eigenvalue weighted by atomic mass is 16.2. The van der Waals surface area contributed by atoms with Crippen LogP contribution in [-0.4, -0.2) is 29.3 Å². The van der Waals surface area contributed by atoms with E-state index in [4.69, 9.17) is 0 Å². The Balaban J connectivity index is 2.77. The number of rotatable bonds is 4. The first-order chi connectivity index (χ1) is 8.45. The van der Waals surface area contributed by atoms with Crippen molar-refractivity contribution in [1.29, 1.82) is 0 Å². The van der Waals surface area contributed by atoms with Gasteiger partial charge in [-0.05, 0) is 18.4 Å². The van der Waals surface area contributed by atoms with Gasteiger partial charge in [-0.15, -0.1) is 0 Å². The van der Waals surface area contributed by atoms with E-state index in [1.807, 2.05) is 39.1 Å². The zero-order valence-corrected chi connectivity index (χ0v) is 11.6. The van der Waals surface area contributed by atoms with Crippen LogP contribution in [0.5, 0.6) is 0 Å². The fraction of sp³-hybridized carbons (Fsp3) is 0.571. The average molecular weight is 250 g/mol. The summed E-state index contributed by atoms with van der Waals surface area (Å²) in [7, 11) is 0. The molecule has 18 heavy (non-hydrogen) atoms. The minimum atomic E-state index is -0.451. The first kappa shape index (κ1) is 14.5. The summed E-state index contributed by atoms with van der Waals surface area (Å²) in [5.41, 5.74) is 1.04. The Bertz CT molecular complexity index is 383. The lowest BCUT2D eigenvalue weighted by molar-refractivity contribution is -0.135. The Kier molecular flexibility index (Phi) is 5.13. The van der Waals surface area contributed by atoms with Crippen molar-refractivity contribution in [3.8, 4) is 0 Å². The number of carbonyl (C=O) groups is 2. The van der Waals surface area contributed by atoms with Gasteiger partial charge in [0, 0.05) is 19.2 Å². The van der Waals surface area contributed by atoms with Crippen LogP contribution in [0, 0.1) is 5.92 Å². The summed E-state index contributed by atoms with van der Waals surface area (Å²) in [5.74, 6) is -0.0570. The molecule has 0 saturated heterocycles. The summed E-state index contributed by atoms with van der Waals surface area (Å²) < 4.78 is 0. The molecule has 4 nitrogen and oxygen atoms in total. The highest BCUT2D eigenvalue weighted by Gasteiger charge is 2.27. The normalized spacial score (nSPS) is 16.5. The Hall–Kier alpha value is -1.58. The number of amides is 2. The maximum Gasteiger partial charge on any atom is 0.249 e. The molecule has 0 bridgehead atoms. The molecule has 1 aliphatic heterocycles. The van der Waals surface area contributed by atoms with Crippen LogP contribution < -0.4 is 5.32 Å². The second-order valence-corrected chi connectivity index (χ2v) is 4.91. The highest BCUT2D eigenvalue weighted by molar-refractivity contribution is 5.88. The van der Waals surface area contributed by atoms with Crippen molar-refractivity contribution in [2.75, 3.05) is 6.54 Å². The van der Waals surface area contributed by atoms with Gasteiger partial charge in [0.05, 0.1) is 0 Å². The molecule has 1 rings (SSSR count). The van der Waals surface area contributed by atoms with Crippen molar-refractivity contribution in [2.24, 2.45) is 5.92 Å². The van der Waals surface area contributed by atoms with Gasteiger partial charge in [-0.25, -0.2) is 0 Å². The molecule has 0 saturated carbocycles. The van der Waals surface area contributed by atoms with Crippen LogP contribution in [0.25, 0.3) is 0 Å². The molecule has 1 N–H and O–H groups in total. The Morgan fingerprint density at radius 3 is 2.61 bits per heavy atom. The third kappa shape index (κ3) is 3.72. The van der Waals surface area contributed by atoms with Crippen molar-refractivity contribution in [3.63, 3.8) is 0 Å². The molecule has 1 aliphatic rings. The summed E-state index contributed by atoms with van der Waals surface area (Å²) in [6, 6.07) is -0.451. The minimum absolute atomic E-state index is 0.0458. The van der Waals surface area contributed by atoms with Crippen LogP contribution in [0.2, 0.25) is 0 Å². The molecular weight excluding hydrogens is 228 g/mol. The van der Waals surface area contributed by atoms with Crippen molar-refractivity contribution >= 4 is 11.8 Å². The fourth-order valence-electron chi connectivity index (χ4n) is 1.82. The molecule has 0 aromatic rings. The Morgan fingerprint density at radius 1 is 1.44 bits per heavy atom. The zero-order valence-electron chi connectivity index (χ0n) is 11.6. The van der Waals surface area contributed by atoms with E-state index in [0.717, 1.165) is 5.57 Å². The largest absolute Gasteiger partial charge is 0.344 e. The number of hydrogen-bond donors (Lipinski definition) is 1. The zero-order chi connectivity index (χ0) is 13.7. The summed E-state index contributed by atoms with van der Waals surface area (Å²) in [6.07, 6.45) is 6.16. The van der Waals surface area contributed by atoms with Crippen LogP contribution >= 0.6 is 0 Å². The lowest BCUT2D eigenvalue weighted by Gasteiger charge is -2.28. The van der Waals surface area contributed by atoms with Gasteiger partial charge in [-0.1, -0.05) is 32.9 Å². The Labute approximate surface area is 109 Å². The smallest absolute Gasteiger partial charge is 0.249 e. The molecule has 0 aliphatic carbocycles. The molecule has 0 fully saturated rings. The number of allylic oxidation sites excluding steroid dienone is 2. The molecule has 0 spiro atoms. The van der Waals surface area contributed by atoms with Gasteiger partial charge in [0.1, 0.15) is 6.04 Å². The first-order valence-electron chi connectivity index (χ1n) is 6.40. The number of hydrogen-bond acceptors (Lipinski definition) is 2. The van der Waals surface area contributed by atoms with Crippen LogP contribution in [0.1, 0.15) is 34.1 Å². The molecular formula is C14H22N2O2. The second kappa shape index (κ2) is 6.38. The minimum Gasteiger partial charge on any atom is -0.344 e. The number of nitrogens with zero attached hydrogens (tertiary/aromatic N) is 1. The fourth-order valence-corrected chi connectivity index (χ4v) is 1.82. The molecule has 4 heteroatoms. The number of nitrogens with one attached hydrogen (secondary N) is 1. The van der Waals surface area contributed by atoms with Gasteiger partial charge < -0.3 is 10.2 Å². The molecule has 0 aromatic carbocycles. The standard InChI is InChI=1S/C14H22N2O2/c1-5-12(17)15-13(10(2)3)14(18)16-8-6-7-11(4)9-16/h6-7,9-10,13H,5,8H2,1-4H3,(H,15,17)/t13-/m0/s1. The van der Waals surface area contributed by atoms with Crippen molar-refractivity contribution in [2.45, 2.75) is 40.2 Å². The molecule has 0 aromatic heterocycles. The van der Waals surface area contributed by atoms with Gasteiger partial charge in [0.25, 0.3) is 0 Å². The predicted octanol–water partition coefficient (Wildman–Crippen LogP) is 1.84. The molecule has 2 amide bonds. The van der Waals surface area contributed by atoms with E-state index in [-0.39, 0.29) is 17.7 Å². The van der Waals surface area contributed by atoms with E-state index in [2.05, 4.69) is 5.32 Å². The third-order valence-electron chi connectivity index (χ3n) is 2.90. The highest BCUT2D eigenvalue weighted by Crippen LogP contribution is 2.12. The van der Waals surface area contributed by atoms with Crippen molar-refractivity contribution in [3.05, 3.63) is 23.9 Å². The topological polar surface area (TPSA) is 49.4 Å². The molecule has 0 unspecified atom stereocenters. The van der Waals surface area contributed by atoms with Gasteiger partial charge in [0.2, 0.25) is 11.8 Å². The Morgan fingerprint density at radius 2 is 2.11 bits per heavy atom. The van der Waals surface area contributed by atoms with E-state index in [1.54, 1.807) is 11.8 Å². The molecule has 1 heterocycles. The third-order valence-corrected chi connectivity index (χ3v) is 2.90. The van der Waals surface area contributed by atoms with E-state index >= 15 is 0 Å². The SMILES string of the molecule is CCC(=O)N[C@H](C(=O)N1C=C(C)C=CC1)C(C)C. The van der Waals surface area contributed by atoms with Gasteiger partial charge >= 0.3 is 0 Å². The predicted molar refractivity (Wildman–Crippen MR) is 71.7 cm³/mol. The second-order valence-electron chi connectivity index (χ2n) is 4.91. The summed E-state index contributed by atoms with van der Waals surface area (Å²) in [4.78, 5) is 25.5. The van der Waals surface area contributed by atoms with E-state index in [1.165, 1.54) is 0 Å². The lowest BCUT2D eigenvalue weighted by atomic mass is 10.0. The van der Waals surface area contributed by atoms with E-state index < -0.39 is 6.04 Å². The lowest BCUT2D eigenvalue weighted by Crippen LogP contribution is -2.50. The van der Waals surface area contributed by atoms with Crippen LogP contribution in [0.3, 0.4) is 0 Å². The van der Waals surface area contributed by atoms with Crippen LogP contribution in [0.15, 0.2) is 23.9 Å². The van der Waals surface area contributed by atoms with Crippen LogP contribution in [-0.2, 0) is 9.59 Å². The summed E-state index contributed by atoms with van der Waals surface area (Å²) in [6.45, 7) is 8.18. The monoisotopic (exact) mass is 250 g/mol. The summed E-state index contributed by atoms with van der Waals surface area (Å²) >= 11 is 0. The van der Waals surface area contributed by atoms with Crippen molar-refractivity contribution < 1.29 is 9.59 Å². The average Bonchev–Trinajstić information content (AvgIpc) is 2.34. The van der Waals surface area contributed by atoms with Crippen LogP contribution in [0.4, 0.5) is 0 Å².